The molecule has 6 nitrogen and oxygen atoms in total. The summed E-state index contributed by atoms with van der Waals surface area (Å²) >= 11 is 1.48. The van der Waals surface area contributed by atoms with Gasteiger partial charge in [-0.2, -0.15) is 0 Å². The van der Waals surface area contributed by atoms with Gasteiger partial charge in [-0.25, -0.2) is 9.78 Å². The second-order valence-electron chi connectivity index (χ2n) is 5.29. The van der Waals surface area contributed by atoms with Crippen LogP contribution in [0.1, 0.15) is 31.4 Å². The SMILES string of the molecule is CN(Cc1cscn1)C(=O)NCC1(C(=O)O)CCCC1. The number of aliphatic carboxylic acids is 1. The van der Waals surface area contributed by atoms with E-state index in [-0.39, 0.29) is 12.6 Å². The van der Waals surface area contributed by atoms with Gasteiger partial charge in [0.2, 0.25) is 0 Å². The third-order valence-corrected chi connectivity index (χ3v) is 4.46. The largest absolute Gasteiger partial charge is 0.481 e. The maximum Gasteiger partial charge on any atom is 0.317 e. The Kier molecular flexibility index (Phi) is 4.59. The number of carboxylic acids is 1. The van der Waals surface area contributed by atoms with Crippen LogP contribution < -0.4 is 5.32 Å². The lowest BCUT2D eigenvalue weighted by molar-refractivity contribution is -0.148. The van der Waals surface area contributed by atoms with Crippen LogP contribution in [0, 0.1) is 5.41 Å². The number of hydrogen-bond acceptors (Lipinski definition) is 4. The van der Waals surface area contributed by atoms with Gasteiger partial charge in [-0.1, -0.05) is 12.8 Å². The van der Waals surface area contributed by atoms with Crippen molar-refractivity contribution in [3.8, 4) is 0 Å². The Morgan fingerprint density at radius 1 is 1.50 bits per heavy atom. The van der Waals surface area contributed by atoms with Gasteiger partial charge in [0.05, 0.1) is 23.2 Å². The third-order valence-electron chi connectivity index (χ3n) is 3.82. The minimum absolute atomic E-state index is 0.197. The summed E-state index contributed by atoms with van der Waals surface area (Å²) in [5.41, 5.74) is 1.78. The minimum atomic E-state index is -0.808. The van der Waals surface area contributed by atoms with Gasteiger partial charge in [0.1, 0.15) is 0 Å². The molecule has 0 unspecified atom stereocenters. The van der Waals surface area contributed by atoms with Crippen LogP contribution in [0.15, 0.2) is 10.9 Å². The monoisotopic (exact) mass is 297 g/mol. The Balaban J connectivity index is 1.86. The molecule has 7 heteroatoms. The molecule has 0 aliphatic heterocycles. The molecule has 1 heterocycles. The van der Waals surface area contributed by atoms with Gasteiger partial charge in [-0.05, 0) is 12.8 Å². The third kappa shape index (κ3) is 3.27. The molecule has 0 atom stereocenters. The molecule has 0 saturated heterocycles. The summed E-state index contributed by atoms with van der Waals surface area (Å²) in [7, 11) is 1.68. The summed E-state index contributed by atoms with van der Waals surface area (Å²) in [5, 5.41) is 14.0. The number of carboxylic acid groups (broad SMARTS) is 1. The maximum atomic E-state index is 12.0. The number of aromatic nitrogens is 1. The molecule has 2 amide bonds. The lowest BCUT2D eigenvalue weighted by atomic mass is 9.86. The quantitative estimate of drug-likeness (QED) is 0.870. The van der Waals surface area contributed by atoms with Crippen LogP contribution in [0.2, 0.25) is 0 Å². The summed E-state index contributed by atoms with van der Waals surface area (Å²) in [6.45, 7) is 0.623. The Labute approximate surface area is 121 Å². The van der Waals surface area contributed by atoms with Crippen LogP contribution in [0.25, 0.3) is 0 Å². The van der Waals surface area contributed by atoms with Crippen molar-refractivity contribution >= 4 is 23.3 Å². The average Bonchev–Trinajstić information content (AvgIpc) is 3.07. The molecule has 1 aliphatic carbocycles. The standard InChI is InChI=1S/C13H19N3O3S/c1-16(6-10-7-20-9-15-10)12(19)14-8-13(11(17)18)4-2-3-5-13/h7,9H,2-6,8H2,1H3,(H,14,19)(H,17,18). The molecular formula is C13H19N3O3S. The van der Waals surface area contributed by atoms with Crippen molar-refractivity contribution < 1.29 is 14.7 Å². The zero-order valence-electron chi connectivity index (χ0n) is 11.5. The average molecular weight is 297 g/mol. The van der Waals surface area contributed by atoms with Crippen molar-refractivity contribution in [1.82, 2.24) is 15.2 Å². The van der Waals surface area contributed by atoms with Crippen molar-refractivity contribution in [1.29, 1.82) is 0 Å². The van der Waals surface area contributed by atoms with Crippen molar-refractivity contribution in [2.24, 2.45) is 5.41 Å². The second-order valence-corrected chi connectivity index (χ2v) is 6.01. The molecule has 2 N–H and O–H groups in total. The summed E-state index contributed by atoms with van der Waals surface area (Å²) in [6.07, 6.45) is 3.10. The van der Waals surface area contributed by atoms with E-state index >= 15 is 0 Å². The molecule has 1 saturated carbocycles. The molecule has 0 aromatic carbocycles. The Morgan fingerprint density at radius 3 is 2.75 bits per heavy atom. The van der Waals surface area contributed by atoms with E-state index in [0.717, 1.165) is 18.5 Å². The number of carbonyl (C=O) groups is 2. The highest BCUT2D eigenvalue weighted by Gasteiger charge is 2.41. The molecule has 1 aromatic rings. The first kappa shape index (κ1) is 14.8. The van der Waals surface area contributed by atoms with Crippen LogP contribution in [-0.4, -0.2) is 40.6 Å². The molecular weight excluding hydrogens is 278 g/mol. The second kappa shape index (κ2) is 6.21. The van der Waals surface area contributed by atoms with Gasteiger partial charge >= 0.3 is 12.0 Å². The first-order valence-corrected chi connectivity index (χ1v) is 7.57. The normalized spacial score (nSPS) is 16.9. The van der Waals surface area contributed by atoms with E-state index in [2.05, 4.69) is 10.3 Å². The van der Waals surface area contributed by atoms with Crippen molar-refractivity contribution in [3.63, 3.8) is 0 Å². The van der Waals surface area contributed by atoms with E-state index in [0.29, 0.717) is 19.4 Å². The van der Waals surface area contributed by atoms with Crippen LogP contribution in [0.3, 0.4) is 0 Å². The zero-order valence-corrected chi connectivity index (χ0v) is 12.3. The highest BCUT2D eigenvalue weighted by atomic mass is 32.1. The van der Waals surface area contributed by atoms with E-state index in [1.54, 1.807) is 12.6 Å². The summed E-state index contributed by atoms with van der Waals surface area (Å²) in [4.78, 5) is 29.0. The zero-order chi connectivity index (χ0) is 14.6. The number of amides is 2. The topological polar surface area (TPSA) is 82.5 Å². The van der Waals surface area contributed by atoms with Crippen molar-refractivity contribution in [2.75, 3.05) is 13.6 Å². The summed E-state index contributed by atoms with van der Waals surface area (Å²) < 4.78 is 0. The van der Waals surface area contributed by atoms with Gasteiger partial charge in [0.25, 0.3) is 0 Å². The number of hydrogen-bond donors (Lipinski definition) is 2. The lowest BCUT2D eigenvalue weighted by Gasteiger charge is -2.25. The molecule has 1 aliphatic rings. The van der Waals surface area contributed by atoms with Gasteiger partial charge in [0, 0.05) is 19.0 Å². The Bertz CT molecular complexity index is 469. The molecule has 110 valence electrons. The van der Waals surface area contributed by atoms with Crippen LogP contribution >= 0.6 is 11.3 Å². The van der Waals surface area contributed by atoms with Crippen LogP contribution in [0.5, 0.6) is 0 Å². The van der Waals surface area contributed by atoms with E-state index in [9.17, 15) is 14.7 Å². The van der Waals surface area contributed by atoms with E-state index < -0.39 is 11.4 Å². The van der Waals surface area contributed by atoms with Crippen LogP contribution in [0.4, 0.5) is 4.79 Å². The molecule has 0 bridgehead atoms. The van der Waals surface area contributed by atoms with Gasteiger partial charge in [0.15, 0.2) is 0 Å². The first-order chi connectivity index (χ1) is 9.53. The predicted molar refractivity (Wildman–Crippen MR) is 75.5 cm³/mol. The fourth-order valence-corrected chi connectivity index (χ4v) is 3.08. The maximum absolute atomic E-state index is 12.0. The van der Waals surface area contributed by atoms with E-state index in [1.165, 1.54) is 16.2 Å². The summed E-state index contributed by atoms with van der Waals surface area (Å²) in [5.74, 6) is -0.808. The molecule has 0 spiro atoms. The molecule has 20 heavy (non-hydrogen) atoms. The van der Waals surface area contributed by atoms with E-state index in [1.807, 2.05) is 5.38 Å². The number of urea groups is 1. The fraction of sp³-hybridized carbons (Fsp3) is 0.615. The highest BCUT2D eigenvalue weighted by Crippen LogP contribution is 2.37. The first-order valence-electron chi connectivity index (χ1n) is 6.63. The predicted octanol–water partition coefficient (Wildman–Crippen LogP) is 1.93. The van der Waals surface area contributed by atoms with Gasteiger partial charge in [-0.3, -0.25) is 4.79 Å². The summed E-state index contributed by atoms with van der Waals surface area (Å²) in [6, 6.07) is -0.259. The molecule has 0 radical (unpaired) electrons. The van der Waals surface area contributed by atoms with Crippen molar-refractivity contribution in [2.45, 2.75) is 32.2 Å². The number of rotatable bonds is 5. The van der Waals surface area contributed by atoms with E-state index in [4.69, 9.17) is 0 Å². The Morgan fingerprint density at radius 2 is 2.20 bits per heavy atom. The highest BCUT2D eigenvalue weighted by molar-refractivity contribution is 7.07. The number of carbonyl (C=O) groups excluding carboxylic acids is 1. The van der Waals surface area contributed by atoms with Gasteiger partial charge in [-0.15, -0.1) is 11.3 Å². The number of nitrogens with zero attached hydrogens (tertiary/aromatic N) is 2. The van der Waals surface area contributed by atoms with Gasteiger partial charge < -0.3 is 15.3 Å². The smallest absolute Gasteiger partial charge is 0.317 e. The van der Waals surface area contributed by atoms with Crippen LogP contribution in [-0.2, 0) is 11.3 Å². The molecule has 1 aromatic heterocycles. The number of thiazole rings is 1. The Hall–Kier alpha value is -1.63. The lowest BCUT2D eigenvalue weighted by Crippen LogP contribution is -2.45. The fourth-order valence-electron chi connectivity index (χ4n) is 2.53. The van der Waals surface area contributed by atoms with Crippen molar-refractivity contribution in [3.05, 3.63) is 16.6 Å². The molecule has 2 rings (SSSR count). The number of nitrogens with one attached hydrogen (secondary N) is 1. The minimum Gasteiger partial charge on any atom is -0.481 e. The molecule has 1 fully saturated rings.